The average molecular weight is 280 g/mol. The van der Waals surface area contributed by atoms with E-state index in [9.17, 15) is 4.39 Å². The Morgan fingerprint density at radius 2 is 2.05 bits per heavy atom. The third kappa shape index (κ3) is 2.86. The SMILES string of the molecule is NCc1cc(F)ccc1CN1CCCC2(C1)OCCO2. The van der Waals surface area contributed by atoms with Crippen molar-refractivity contribution in [2.24, 2.45) is 5.73 Å². The van der Waals surface area contributed by atoms with Crippen molar-refractivity contribution in [1.29, 1.82) is 0 Å². The second-order valence-electron chi connectivity index (χ2n) is 5.54. The number of likely N-dealkylation sites (tertiary alicyclic amines) is 1. The van der Waals surface area contributed by atoms with Crippen LogP contribution in [0.4, 0.5) is 4.39 Å². The van der Waals surface area contributed by atoms with Gasteiger partial charge in [-0.15, -0.1) is 0 Å². The molecule has 0 saturated carbocycles. The van der Waals surface area contributed by atoms with Crippen molar-refractivity contribution >= 4 is 0 Å². The first-order valence-electron chi connectivity index (χ1n) is 7.18. The fraction of sp³-hybridized carbons (Fsp3) is 0.600. The van der Waals surface area contributed by atoms with Crippen LogP contribution in [-0.4, -0.2) is 37.0 Å². The van der Waals surface area contributed by atoms with Gasteiger partial charge in [0.2, 0.25) is 0 Å². The second-order valence-corrected chi connectivity index (χ2v) is 5.54. The van der Waals surface area contributed by atoms with Gasteiger partial charge in [-0.1, -0.05) is 6.07 Å². The molecule has 2 saturated heterocycles. The highest BCUT2D eigenvalue weighted by molar-refractivity contribution is 5.27. The van der Waals surface area contributed by atoms with Gasteiger partial charge in [-0.05, 0) is 36.2 Å². The van der Waals surface area contributed by atoms with Crippen LogP contribution in [0.1, 0.15) is 24.0 Å². The van der Waals surface area contributed by atoms with Gasteiger partial charge < -0.3 is 15.2 Å². The first-order chi connectivity index (χ1) is 9.71. The van der Waals surface area contributed by atoms with E-state index in [4.69, 9.17) is 15.2 Å². The molecular weight excluding hydrogens is 259 g/mol. The molecule has 2 aliphatic heterocycles. The third-order valence-corrected chi connectivity index (χ3v) is 4.09. The molecule has 20 heavy (non-hydrogen) atoms. The number of benzene rings is 1. The smallest absolute Gasteiger partial charge is 0.181 e. The number of ether oxygens (including phenoxy) is 2. The predicted molar refractivity (Wildman–Crippen MR) is 73.4 cm³/mol. The maximum atomic E-state index is 13.2. The monoisotopic (exact) mass is 280 g/mol. The summed E-state index contributed by atoms with van der Waals surface area (Å²) in [5.74, 6) is -0.645. The lowest BCUT2D eigenvalue weighted by Crippen LogP contribution is -2.48. The highest BCUT2D eigenvalue weighted by Crippen LogP contribution is 2.31. The summed E-state index contributed by atoms with van der Waals surface area (Å²) in [4.78, 5) is 2.31. The molecule has 0 atom stereocenters. The van der Waals surface area contributed by atoms with E-state index in [1.165, 1.54) is 12.1 Å². The summed E-state index contributed by atoms with van der Waals surface area (Å²) in [5.41, 5.74) is 7.67. The highest BCUT2D eigenvalue weighted by atomic mass is 19.1. The van der Waals surface area contributed by atoms with Crippen LogP contribution < -0.4 is 5.73 Å². The van der Waals surface area contributed by atoms with Gasteiger partial charge in [0.1, 0.15) is 5.82 Å². The van der Waals surface area contributed by atoms with E-state index < -0.39 is 5.79 Å². The van der Waals surface area contributed by atoms with E-state index in [1.807, 2.05) is 6.07 Å². The number of hydrogen-bond acceptors (Lipinski definition) is 4. The van der Waals surface area contributed by atoms with Crippen LogP contribution in [0.2, 0.25) is 0 Å². The maximum Gasteiger partial charge on any atom is 0.181 e. The first-order valence-corrected chi connectivity index (χ1v) is 7.18. The van der Waals surface area contributed by atoms with Gasteiger partial charge in [0.15, 0.2) is 5.79 Å². The molecule has 0 aliphatic carbocycles. The lowest BCUT2D eigenvalue weighted by atomic mass is 10.0. The van der Waals surface area contributed by atoms with Crippen molar-refractivity contribution in [3.63, 3.8) is 0 Å². The van der Waals surface area contributed by atoms with E-state index in [0.29, 0.717) is 19.8 Å². The number of nitrogens with two attached hydrogens (primary N) is 1. The van der Waals surface area contributed by atoms with Crippen molar-refractivity contribution in [2.75, 3.05) is 26.3 Å². The van der Waals surface area contributed by atoms with Crippen molar-refractivity contribution in [2.45, 2.75) is 31.7 Å². The van der Waals surface area contributed by atoms with Gasteiger partial charge in [0.05, 0.1) is 19.8 Å². The summed E-state index contributed by atoms with van der Waals surface area (Å²) < 4.78 is 24.8. The maximum absolute atomic E-state index is 13.2. The van der Waals surface area contributed by atoms with Gasteiger partial charge in [-0.2, -0.15) is 0 Å². The Morgan fingerprint density at radius 1 is 1.25 bits per heavy atom. The largest absolute Gasteiger partial charge is 0.346 e. The van der Waals surface area contributed by atoms with E-state index in [-0.39, 0.29) is 5.82 Å². The van der Waals surface area contributed by atoms with Crippen molar-refractivity contribution in [3.8, 4) is 0 Å². The lowest BCUT2D eigenvalue weighted by molar-refractivity contribution is -0.190. The molecule has 5 heteroatoms. The first kappa shape index (κ1) is 13.9. The molecular formula is C15H21FN2O2. The molecule has 0 aromatic heterocycles. The number of halogens is 1. The van der Waals surface area contributed by atoms with Crippen LogP contribution in [-0.2, 0) is 22.6 Å². The molecule has 3 rings (SSSR count). The van der Waals surface area contributed by atoms with Crippen LogP contribution in [0, 0.1) is 5.82 Å². The minimum atomic E-state index is -0.416. The van der Waals surface area contributed by atoms with Crippen LogP contribution in [0.3, 0.4) is 0 Å². The van der Waals surface area contributed by atoms with Crippen molar-refractivity contribution in [1.82, 2.24) is 4.90 Å². The minimum Gasteiger partial charge on any atom is -0.346 e. The molecule has 1 aromatic rings. The summed E-state index contributed by atoms with van der Waals surface area (Å²) in [5, 5.41) is 0. The Kier molecular flexibility index (Phi) is 4.03. The summed E-state index contributed by atoms with van der Waals surface area (Å²) in [6, 6.07) is 4.85. The summed E-state index contributed by atoms with van der Waals surface area (Å²) in [6.07, 6.45) is 2.01. The van der Waals surface area contributed by atoms with Gasteiger partial charge in [0, 0.05) is 19.5 Å². The zero-order valence-corrected chi connectivity index (χ0v) is 11.6. The Labute approximate surface area is 118 Å². The summed E-state index contributed by atoms with van der Waals surface area (Å²) >= 11 is 0. The fourth-order valence-electron chi connectivity index (χ4n) is 3.12. The van der Waals surface area contributed by atoms with Crippen molar-refractivity contribution in [3.05, 3.63) is 35.1 Å². The van der Waals surface area contributed by atoms with Gasteiger partial charge >= 0.3 is 0 Å². The summed E-state index contributed by atoms with van der Waals surface area (Å²) in [7, 11) is 0. The number of hydrogen-bond donors (Lipinski definition) is 1. The fourth-order valence-corrected chi connectivity index (χ4v) is 3.12. The molecule has 2 heterocycles. The standard InChI is InChI=1S/C15H21FN2O2/c16-14-3-2-12(13(8-14)9-17)10-18-5-1-4-15(11-18)19-6-7-20-15/h2-3,8H,1,4-7,9-11,17H2. The number of rotatable bonds is 3. The van der Waals surface area contributed by atoms with E-state index in [2.05, 4.69) is 4.90 Å². The zero-order chi connectivity index (χ0) is 14.0. The van der Waals surface area contributed by atoms with Gasteiger partial charge in [-0.25, -0.2) is 4.39 Å². The van der Waals surface area contributed by atoms with Gasteiger partial charge in [0.25, 0.3) is 0 Å². The number of nitrogens with zero attached hydrogens (tertiary/aromatic N) is 1. The highest BCUT2D eigenvalue weighted by Gasteiger charge is 2.40. The van der Waals surface area contributed by atoms with Gasteiger partial charge in [-0.3, -0.25) is 4.90 Å². The minimum absolute atomic E-state index is 0.230. The quantitative estimate of drug-likeness (QED) is 0.914. The Bertz CT molecular complexity index is 475. The Hall–Kier alpha value is -1.01. The van der Waals surface area contributed by atoms with Crippen LogP contribution in [0.5, 0.6) is 0 Å². The second kappa shape index (κ2) is 5.77. The molecule has 4 nitrogen and oxygen atoms in total. The van der Waals surface area contributed by atoms with E-state index in [0.717, 1.165) is 43.6 Å². The van der Waals surface area contributed by atoms with Crippen LogP contribution in [0.25, 0.3) is 0 Å². The molecule has 0 radical (unpaired) electrons. The molecule has 0 amide bonds. The van der Waals surface area contributed by atoms with E-state index >= 15 is 0 Å². The Balaban J connectivity index is 1.71. The molecule has 1 aromatic carbocycles. The summed E-state index contributed by atoms with van der Waals surface area (Å²) in [6.45, 7) is 4.27. The van der Waals surface area contributed by atoms with Crippen LogP contribution >= 0.6 is 0 Å². The van der Waals surface area contributed by atoms with Crippen molar-refractivity contribution < 1.29 is 13.9 Å². The van der Waals surface area contributed by atoms with Crippen LogP contribution in [0.15, 0.2) is 18.2 Å². The molecule has 0 bridgehead atoms. The molecule has 110 valence electrons. The molecule has 2 N–H and O–H groups in total. The Morgan fingerprint density at radius 3 is 2.80 bits per heavy atom. The average Bonchev–Trinajstić information content (AvgIpc) is 2.89. The normalized spacial score (nSPS) is 22.5. The lowest BCUT2D eigenvalue weighted by Gasteiger charge is -2.38. The zero-order valence-electron chi connectivity index (χ0n) is 11.6. The topological polar surface area (TPSA) is 47.7 Å². The third-order valence-electron chi connectivity index (χ3n) is 4.09. The molecule has 2 aliphatic rings. The molecule has 0 unspecified atom stereocenters. The predicted octanol–water partition coefficient (Wildman–Crippen LogP) is 1.62. The van der Waals surface area contributed by atoms with E-state index in [1.54, 1.807) is 0 Å². The molecule has 2 fully saturated rings. The number of piperidine rings is 1. The molecule has 1 spiro atoms.